The molecule has 2 amide bonds. The Bertz CT molecular complexity index is 593. The van der Waals surface area contributed by atoms with Gasteiger partial charge in [0.25, 0.3) is 5.91 Å². The van der Waals surface area contributed by atoms with Crippen molar-refractivity contribution in [1.29, 1.82) is 0 Å². The third-order valence-corrected chi connectivity index (χ3v) is 4.13. The van der Waals surface area contributed by atoms with Gasteiger partial charge in [0.05, 0.1) is 0 Å². The van der Waals surface area contributed by atoms with Crippen LogP contribution in [0.2, 0.25) is 0 Å². The van der Waals surface area contributed by atoms with Crippen LogP contribution in [0.15, 0.2) is 24.3 Å². The molecule has 1 aliphatic heterocycles. The van der Waals surface area contributed by atoms with Gasteiger partial charge in [-0.25, -0.2) is 0 Å². The van der Waals surface area contributed by atoms with Gasteiger partial charge in [-0.15, -0.1) is 0 Å². The molecule has 1 aromatic carbocycles. The number of ether oxygens (including phenoxy) is 1. The minimum absolute atomic E-state index is 0.0263. The van der Waals surface area contributed by atoms with E-state index in [4.69, 9.17) is 4.74 Å². The molecule has 0 bridgehead atoms. The summed E-state index contributed by atoms with van der Waals surface area (Å²) in [6.07, 6.45) is 0.804. The van der Waals surface area contributed by atoms with Crippen LogP contribution in [0.3, 0.4) is 0 Å². The molecule has 1 saturated heterocycles. The van der Waals surface area contributed by atoms with E-state index in [1.165, 1.54) is 0 Å². The molecule has 0 spiro atoms. The second-order valence-corrected chi connectivity index (χ2v) is 7.38. The molecule has 0 atom stereocenters. The molecule has 132 valence electrons. The molecule has 0 radical (unpaired) electrons. The molecule has 1 heterocycles. The van der Waals surface area contributed by atoms with Gasteiger partial charge in [0, 0.05) is 31.6 Å². The van der Waals surface area contributed by atoms with Crippen molar-refractivity contribution in [3.8, 4) is 5.75 Å². The van der Waals surface area contributed by atoms with Gasteiger partial charge in [-0.1, -0.05) is 32.9 Å². The van der Waals surface area contributed by atoms with Crippen LogP contribution < -0.4 is 4.74 Å². The molecule has 1 aromatic rings. The number of carbonyl (C=O) groups excluding carboxylic acids is 2. The Morgan fingerprint density at radius 2 is 1.75 bits per heavy atom. The Morgan fingerprint density at radius 3 is 2.42 bits per heavy atom. The predicted octanol–water partition coefficient (Wildman–Crippen LogP) is 2.48. The van der Waals surface area contributed by atoms with Gasteiger partial charge in [0.2, 0.25) is 5.91 Å². The molecule has 1 aliphatic rings. The van der Waals surface area contributed by atoms with Crippen LogP contribution in [0, 0.1) is 12.3 Å². The number of aryl methyl sites for hydroxylation is 1. The molecule has 2 rings (SSSR count). The summed E-state index contributed by atoms with van der Waals surface area (Å²) >= 11 is 0. The Kier molecular flexibility index (Phi) is 5.86. The molecule has 0 unspecified atom stereocenters. The van der Waals surface area contributed by atoms with Crippen LogP contribution in [0.1, 0.15) is 32.8 Å². The van der Waals surface area contributed by atoms with Crippen molar-refractivity contribution in [3.05, 3.63) is 29.8 Å². The number of hydrogen-bond acceptors (Lipinski definition) is 3. The maximum atomic E-state index is 12.4. The minimum atomic E-state index is -0.381. The summed E-state index contributed by atoms with van der Waals surface area (Å²) in [6, 6.07) is 7.67. The van der Waals surface area contributed by atoms with Crippen LogP contribution in [-0.2, 0) is 9.59 Å². The van der Waals surface area contributed by atoms with E-state index in [-0.39, 0.29) is 23.8 Å². The van der Waals surface area contributed by atoms with E-state index in [9.17, 15) is 9.59 Å². The predicted molar refractivity (Wildman–Crippen MR) is 93.9 cm³/mol. The SMILES string of the molecule is Cc1cccc(OCC(=O)N2CCCN(C(=O)C(C)(C)C)CC2)c1. The summed E-state index contributed by atoms with van der Waals surface area (Å²) < 4.78 is 5.60. The fraction of sp³-hybridized carbons (Fsp3) is 0.579. The summed E-state index contributed by atoms with van der Waals surface area (Å²) in [7, 11) is 0. The molecular formula is C19H28N2O3. The Morgan fingerprint density at radius 1 is 1.08 bits per heavy atom. The van der Waals surface area contributed by atoms with Gasteiger partial charge in [-0.05, 0) is 31.0 Å². The third-order valence-electron chi connectivity index (χ3n) is 4.13. The van der Waals surface area contributed by atoms with E-state index in [1.54, 1.807) is 4.90 Å². The van der Waals surface area contributed by atoms with Crippen LogP contribution >= 0.6 is 0 Å². The number of nitrogens with zero attached hydrogens (tertiary/aromatic N) is 2. The van der Waals surface area contributed by atoms with Crippen molar-refractivity contribution in [2.75, 3.05) is 32.8 Å². The molecule has 24 heavy (non-hydrogen) atoms. The monoisotopic (exact) mass is 332 g/mol. The molecule has 0 aromatic heterocycles. The molecular weight excluding hydrogens is 304 g/mol. The first kappa shape index (κ1) is 18.3. The molecule has 5 heteroatoms. The average molecular weight is 332 g/mol. The fourth-order valence-corrected chi connectivity index (χ4v) is 2.79. The summed E-state index contributed by atoms with van der Waals surface area (Å²) in [6.45, 7) is 10.4. The largest absolute Gasteiger partial charge is 0.484 e. The van der Waals surface area contributed by atoms with Crippen molar-refractivity contribution < 1.29 is 14.3 Å². The molecule has 0 aliphatic carbocycles. The van der Waals surface area contributed by atoms with Crippen molar-refractivity contribution >= 4 is 11.8 Å². The highest BCUT2D eigenvalue weighted by Gasteiger charge is 2.29. The zero-order chi connectivity index (χ0) is 17.7. The third kappa shape index (κ3) is 4.98. The first-order valence-electron chi connectivity index (χ1n) is 8.54. The highest BCUT2D eigenvalue weighted by molar-refractivity contribution is 5.82. The zero-order valence-electron chi connectivity index (χ0n) is 15.2. The van der Waals surface area contributed by atoms with Crippen molar-refractivity contribution in [2.45, 2.75) is 34.1 Å². The lowest BCUT2D eigenvalue weighted by atomic mass is 9.94. The van der Waals surface area contributed by atoms with Crippen LogP contribution in [0.5, 0.6) is 5.75 Å². The molecule has 1 fully saturated rings. The van der Waals surface area contributed by atoms with Gasteiger partial charge in [-0.2, -0.15) is 0 Å². The van der Waals surface area contributed by atoms with Gasteiger partial charge < -0.3 is 14.5 Å². The van der Waals surface area contributed by atoms with E-state index in [0.717, 1.165) is 12.0 Å². The van der Waals surface area contributed by atoms with E-state index in [0.29, 0.717) is 31.9 Å². The average Bonchev–Trinajstić information content (AvgIpc) is 2.77. The lowest BCUT2D eigenvalue weighted by Crippen LogP contribution is -2.42. The highest BCUT2D eigenvalue weighted by Crippen LogP contribution is 2.19. The van der Waals surface area contributed by atoms with E-state index < -0.39 is 0 Å². The summed E-state index contributed by atoms with van der Waals surface area (Å²) in [5.41, 5.74) is 0.721. The lowest BCUT2D eigenvalue weighted by molar-refractivity contribution is -0.140. The van der Waals surface area contributed by atoms with Gasteiger partial charge in [0.1, 0.15) is 5.75 Å². The highest BCUT2D eigenvalue weighted by atomic mass is 16.5. The van der Waals surface area contributed by atoms with E-state index in [1.807, 2.05) is 56.9 Å². The van der Waals surface area contributed by atoms with Crippen molar-refractivity contribution in [3.63, 3.8) is 0 Å². The number of benzene rings is 1. The first-order chi connectivity index (χ1) is 11.3. The van der Waals surface area contributed by atoms with Gasteiger partial charge in [0.15, 0.2) is 6.61 Å². The minimum Gasteiger partial charge on any atom is -0.484 e. The van der Waals surface area contributed by atoms with Gasteiger partial charge in [-0.3, -0.25) is 9.59 Å². The number of amides is 2. The summed E-state index contributed by atoms with van der Waals surface area (Å²) in [5, 5.41) is 0. The number of hydrogen-bond donors (Lipinski definition) is 0. The quantitative estimate of drug-likeness (QED) is 0.854. The topological polar surface area (TPSA) is 49.9 Å². The van der Waals surface area contributed by atoms with Crippen LogP contribution in [0.4, 0.5) is 0 Å². The Hall–Kier alpha value is -2.04. The van der Waals surface area contributed by atoms with E-state index >= 15 is 0 Å². The standard InChI is InChI=1S/C19H28N2O3/c1-15-7-5-8-16(13-15)24-14-17(22)20-9-6-10-21(12-11-20)18(23)19(2,3)4/h5,7-8,13H,6,9-12,14H2,1-4H3. The second kappa shape index (κ2) is 7.69. The maximum absolute atomic E-state index is 12.4. The Labute approximate surface area is 144 Å². The second-order valence-electron chi connectivity index (χ2n) is 7.38. The van der Waals surface area contributed by atoms with Crippen LogP contribution in [0.25, 0.3) is 0 Å². The van der Waals surface area contributed by atoms with E-state index in [2.05, 4.69) is 0 Å². The Balaban J connectivity index is 1.86. The molecule has 0 saturated carbocycles. The zero-order valence-corrected chi connectivity index (χ0v) is 15.2. The molecule has 0 N–H and O–H groups in total. The van der Waals surface area contributed by atoms with Crippen LogP contribution in [-0.4, -0.2) is 54.4 Å². The fourth-order valence-electron chi connectivity index (χ4n) is 2.79. The summed E-state index contributed by atoms with van der Waals surface area (Å²) in [5.74, 6) is 0.831. The summed E-state index contributed by atoms with van der Waals surface area (Å²) in [4.78, 5) is 28.4. The van der Waals surface area contributed by atoms with Gasteiger partial charge >= 0.3 is 0 Å². The lowest BCUT2D eigenvalue weighted by Gasteiger charge is -2.28. The normalized spacial score (nSPS) is 15.8. The molecule has 5 nitrogen and oxygen atoms in total. The smallest absolute Gasteiger partial charge is 0.260 e. The van der Waals surface area contributed by atoms with Crippen molar-refractivity contribution in [2.24, 2.45) is 5.41 Å². The van der Waals surface area contributed by atoms with Crippen molar-refractivity contribution in [1.82, 2.24) is 9.80 Å². The first-order valence-corrected chi connectivity index (χ1v) is 8.54. The number of carbonyl (C=O) groups is 2. The maximum Gasteiger partial charge on any atom is 0.260 e. The number of rotatable bonds is 3.